The molecule has 4 aromatic rings. The maximum absolute atomic E-state index is 12.4. The number of halogens is 4. The predicted octanol–water partition coefficient (Wildman–Crippen LogP) is 5.91. The van der Waals surface area contributed by atoms with Crippen LogP contribution in [0.25, 0.3) is 12.2 Å². The number of amides is 2. The van der Waals surface area contributed by atoms with E-state index in [1.54, 1.807) is 12.1 Å². The Morgan fingerprint density at radius 3 is 1.70 bits per heavy atom. The van der Waals surface area contributed by atoms with E-state index in [4.69, 9.17) is 11.6 Å². The van der Waals surface area contributed by atoms with Gasteiger partial charge in [0.15, 0.2) is 5.69 Å². The Kier molecular flexibility index (Phi) is 9.48. The molecule has 3 fully saturated rings. The van der Waals surface area contributed by atoms with Crippen molar-refractivity contribution in [1.29, 1.82) is 0 Å². The van der Waals surface area contributed by atoms with Crippen LogP contribution in [0.15, 0.2) is 72.1 Å². The summed E-state index contributed by atoms with van der Waals surface area (Å²) in [4.78, 5) is 30.6. The van der Waals surface area contributed by atoms with Gasteiger partial charge in [0.1, 0.15) is 0 Å². The molecule has 10 nitrogen and oxygen atoms in total. The molecule has 2 aromatic carbocycles. The number of hydrogen-bond donors (Lipinski definition) is 5. The molecule has 0 atom stereocenters. The lowest BCUT2D eigenvalue weighted by Gasteiger charge is -2.18. The van der Waals surface area contributed by atoms with Gasteiger partial charge in [-0.25, -0.2) is 9.97 Å². The second kappa shape index (κ2) is 13.9. The minimum atomic E-state index is -4.63. The van der Waals surface area contributed by atoms with Gasteiger partial charge in [-0.1, -0.05) is 48.0 Å². The van der Waals surface area contributed by atoms with Crippen LogP contribution in [0, 0.1) is 0 Å². The SMILES string of the molecule is O=C(Nc1ccc(C=C2CNC2)cc1)c1cnc(C(F)(F)F)nc1.O=C(Nc1ccc(C=C2CNC2)cc1)c1n[nH]c(C2CC2)c1Cl. The van der Waals surface area contributed by atoms with Crippen molar-refractivity contribution in [2.75, 3.05) is 36.8 Å². The molecule has 4 heterocycles. The van der Waals surface area contributed by atoms with E-state index in [0.29, 0.717) is 16.6 Å². The summed E-state index contributed by atoms with van der Waals surface area (Å²) in [5.74, 6) is -1.70. The average molecular weight is 663 g/mol. The average Bonchev–Trinajstić information content (AvgIpc) is 3.79. The van der Waals surface area contributed by atoms with Gasteiger partial charge >= 0.3 is 6.18 Å². The molecule has 47 heavy (non-hydrogen) atoms. The summed E-state index contributed by atoms with van der Waals surface area (Å²) < 4.78 is 37.2. The Bertz CT molecular complexity index is 1800. The Morgan fingerprint density at radius 1 is 0.787 bits per heavy atom. The number of H-pyrrole nitrogens is 1. The largest absolute Gasteiger partial charge is 0.451 e. The Morgan fingerprint density at radius 2 is 1.28 bits per heavy atom. The van der Waals surface area contributed by atoms with Crippen molar-refractivity contribution in [3.63, 3.8) is 0 Å². The van der Waals surface area contributed by atoms with Crippen LogP contribution >= 0.6 is 11.6 Å². The molecule has 2 aliphatic heterocycles. The number of carbonyl (C=O) groups excluding carboxylic acids is 2. The van der Waals surface area contributed by atoms with E-state index in [0.717, 1.165) is 73.9 Å². The van der Waals surface area contributed by atoms with Crippen LogP contribution in [0.3, 0.4) is 0 Å². The topological polar surface area (TPSA) is 137 Å². The van der Waals surface area contributed by atoms with E-state index in [2.05, 4.69) is 53.6 Å². The number of aromatic nitrogens is 4. The first kappa shape index (κ1) is 32.1. The Labute approximate surface area is 272 Å². The molecule has 0 spiro atoms. The van der Waals surface area contributed by atoms with Gasteiger partial charge < -0.3 is 21.3 Å². The molecule has 5 N–H and O–H groups in total. The lowest BCUT2D eigenvalue weighted by molar-refractivity contribution is -0.145. The summed E-state index contributed by atoms with van der Waals surface area (Å²) in [5.41, 5.74) is 7.20. The zero-order valence-corrected chi connectivity index (χ0v) is 25.7. The van der Waals surface area contributed by atoms with E-state index in [1.807, 2.05) is 36.4 Å². The van der Waals surface area contributed by atoms with Crippen LogP contribution in [0.2, 0.25) is 5.02 Å². The molecule has 2 aromatic heterocycles. The van der Waals surface area contributed by atoms with Crippen molar-refractivity contribution in [2.24, 2.45) is 0 Å². The van der Waals surface area contributed by atoms with E-state index in [9.17, 15) is 22.8 Å². The van der Waals surface area contributed by atoms with Gasteiger partial charge in [-0.05, 0) is 59.4 Å². The molecule has 3 aliphatic rings. The Hall–Kier alpha value is -4.85. The second-order valence-corrected chi connectivity index (χ2v) is 11.7. The van der Waals surface area contributed by atoms with E-state index in [-0.39, 0.29) is 17.2 Å². The first-order valence-electron chi connectivity index (χ1n) is 14.9. The van der Waals surface area contributed by atoms with Gasteiger partial charge in [-0.3, -0.25) is 14.7 Å². The van der Waals surface area contributed by atoms with Gasteiger partial charge in [0.2, 0.25) is 5.82 Å². The van der Waals surface area contributed by atoms with Gasteiger partial charge in [-0.15, -0.1) is 0 Å². The normalized spacial score (nSPS) is 15.4. The number of carbonyl (C=O) groups is 2. The van der Waals surface area contributed by atoms with Crippen molar-refractivity contribution in [2.45, 2.75) is 24.9 Å². The number of anilines is 2. The molecule has 2 saturated heterocycles. The fraction of sp³-hybridized carbons (Fsp3) is 0.242. The molecule has 0 unspecified atom stereocenters. The molecule has 7 rings (SSSR count). The van der Waals surface area contributed by atoms with Crippen LogP contribution in [0.1, 0.15) is 62.3 Å². The highest BCUT2D eigenvalue weighted by atomic mass is 35.5. The van der Waals surface area contributed by atoms with Crippen LogP contribution in [-0.2, 0) is 6.18 Å². The van der Waals surface area contributed by atoms with Crippen molar-refractivity contribution in [3.05, 3.63) is 111 Å². The van der Waals surface area contributed by atoms with Gasteiger partial charge in [0.25, 0.3) is 11.8 Å². The maximum atomic E-state index is 12.4. The van der Waals surface area contributed by atoms with Crippen molar-refractivity contribution in [3.8, 4) is 0 Å². The highest BCUT2D eigenvalue weighted by molar-refractivity contribution is 6.34. The zero-order chi connectivity index (χ0) is 33.0. The highest BCUT2D eigenvalue weighted by Crippen LogP contribution is 2.42. The quantitative estimate of drug-likeness (QED) is 0.166. The van der Waals surface area contributed by atoms with E-state index >= 15 is 0 Å². The second-order valence-electron chi connectivity index (χ2n) is 11.3. The maximum Gasteiger partial charge on any atom is 0.451 e. The standard InChI is InChI=1S/C17H17ClN4O.C16H13F3N4O/c18-14-15(12-3-4-12)21-22-16(14)17(23)20-13-5-1-10(2-6-13)7-11-8-19-9-11;17-16(18,19)15-21-8-12(9-22-15)14(24)23-13-3-1-10(2-4-13)5-11-6-20-7-11/h1-2,5-7,12,19H,3-4,8-9H2,(H,20,23)(H,21,22);1-5,8-9,20H,6-7H2,(H,23,24). The number of hydrogen-bond acceptors (Lipinski definition) is 7. The van der Waals surface area contributed by atoms with E-state index in [1.165, 1.54) is 11.1 Å². The minimum Gasteiger partial charge on any atom is -0.322 e. The lowest BCUT2D eigenvalue weighted by atomic mass is 10.1. The van der Waals surface area contributed by atoms with Crippen molar-refractivity contribution in [1.82, 2.24) is 30.8 Å². The zero-order valence-electron chi connectivity index (χ0n) is 24.9. The molecule has 14 heteroatoms. The molecule has 1 saturated carbocycles. The van der Waals surface area contributed by atoms with Crippen molar-refractivity contribution < 1.29 is 22.8 Å². The summed E-state index contributed by atoms with van der Waals surface area (Å²) >= 11 is 6.26. The number of alkyl halides is 3. The van der Waals surface area contributed by atoms with Crippen LogP contribution in [-0.4, -0.2) is 58.2 Å². The summed E-state index contributed by atoms with van der Waals surface area (Å²) in [6, 6.07) is 14.9. The minimum absolute atomic E-state index is 0.0465. The number of nitrogens with one attached hydrogen (secondary N) is 5. The molecule has 0 radical (unpaired) electrons. The molecule has 242 valence electrons. The summed E-state index contributed by atoms with van der Waals surface area (Å²) in [6.45, 7) is 3.68. The monoisotopic (exact) mass is 662 g/mol. The molecular formula is C33H30ClF3N8O2. The number of rotatable bonds is 7. The Balaban J connectivity index is 0.000000164. The molecule has 0 bridgehead atoms. The predicted molar refractivity (Wildman–Crippen MR) is 173 cm³/mol. The first-order chi connectivity index (χ1) is 22.6. The van der Waals surface area contributed by atoms with E-state index < -0.39 is 17.9 Å². The highest BCUT2D eigenvalue weighted by Gasteiger charge is 2.34. The number of nitrogens with zero attached hydrogens (tertiary/aromatic N) is 3. The number of benzene rings is 2. The molecule has 2 amide bonds. The third-order valence-electron chi connectivity index (χ3n) is 7.59. The van der Waals surface area contributed by atoms with Gasteiger partial charge in [0.05, 0.1) is 16.3 Å². The summed E-state index contributed by atoms with van der Waals surface area (Å²) in [5, 5.41) is 19.2. The smallest absolute Gasteiger partial charge is 0.322 e. The van der Waals surface area contributed by atoms with Crippen LogP contribution in [0.4, 0.5) is 24.5 Å². The summed E-state index contributed by atoms with van der Waals surface area (Å²) in [7, 11) is 0. The van der Waals surface area contributed by atoms with Gasteiger partial charge in [-0.2, -0.15) is 18.3 Å². The molecule has 1 aliphatic carbocycles. The first-order valence-corrected chi connectivity index (χ1v) is 15.3. The van der Waals surface area contributed by atoms with Gasteiger partial charge in [0, 0.05) is 55.9 Å². The lowest BCUT2D eigenvalue weighted by Crippen LogP contribution is -2.33. The van der Waals surface area contributed by atoms with Crippen LogP contribution < -0.4 is 21.3 Å². The molecular weight excluding hydrogens is 633 g/mol. The summed E-state index contributed by atoms with van der Waals surface area (Å²) in [6.07, 6.45) is 3.52. The van der Waals surface area contributed by atoms with Crippen molar-refractivity contribution >= 4 is 46.9 Å². The fourth-order valence-corrected chi connectivity index (χ4v) is 4.98. The fourth-order valence-electron chi connectivity index (χ4n) is 4.66. The third kappa shape index (κ3) is 8.30. The van der Waals surface area contributed by atoms with Crippen LogP contribution in [0.5, 0.6) is 0 Å². The third-order valence-corrected chi connectivity index (χ3v) is 7.97. The number of aromatic amines is 1.